The number of aromatic nitrogens is 1. The number of carbonyl (C=O) groups excluding carboxylic acids is 1. The van der Waals surface area contributed by atoms with Gasteiger partial charge in [0.1, 0.15) is 11.4 Å². The van der Waals surface area contributed by atoms with Gasteiger partial charge in [-0.25, -0.2) is 4.39 Å². The predicted molar refractivity (Wildman–Crippen MR) is 130 cm³/mol. The van der Waals surface area contributed by atoms with Crippen LogP contribution in [0.1, 0.15) is 27.2 Å². The quantitative estimate of drug-likeness (QED) is 0.276. The van der Waals surface area contributed by atoms with Gasteiger partial charge in [-0.1, -0.05) is 45.2 Å². The topological polar surface area (TPSA) is 77.9 Å². The number of amides is 1. The van der Waals surface area contributed by atoms with Crippen molar-refractivity contribution in [1.82, 2.24) is 10.3 Å². The van der Waals surface area contributed by atoms with Crippen molar-refractivity contribution in [3.05, 3.63) is 91.3 Å². The second-order valence-corrected chi connectivity index (χ2v) is 9.05. The van der Waals surface area contributed by atoms with Crippen LogP contribution in [0.15, 0.2) is 53.0 Å². The molecule has 5 nitrogen and oxygen atoms in total. The molecule has 1 heterocycles. The van der Waals surface area contributed by atoms with Gasteiger partial charge in [0.25, 0.3) is 5.91 Å². The first-order valence-corrected chi connectivity index (χ1v) is 11.2. The molecule has 0 aliphatic carbocycles. The van der Waals surface area contributed by atoms with E-state index in [-0.39, 0.29) is 45.1 Å². The van der Waals surface area contributed by atoms with Crippen molar-refractivity contribution < 1.29 is 13.9 Å². The predicted octanol–water partition coefficient (Wildman–Crippen LogP) is 7.28. The number of ether oxygens (including phenoxy) is 1. The smallest absolute Gasteiger partial charge is 0.267 e. The zero-order chi connectivity index (χ0) is 23.7. The van der Waals surface area contributed by atoms with Crippen molar-refractivity contribution in [2.75, 3.05) is 0 Å². The fourth-order valence-corrected chi connectivity index (χ4v) is 4.38. The number of halogens is 4. The monoisotopic (exact) mass is 545 g/mol. The molecule has 0 atom stereocenters. The van der Waals surface area contributed by atoms with Gasteiger partial charge >= 0.3 is 0 Å². The molecular weight excluding hydrogens is 532 g/mol. The van der Waals surface area contributed by atoms with Gasteiger partial charge in [-0.3, -0.25) is 4.79 Å². The average molecular weight is 547 g/mol. The molecule has 1 amide bonds. The summed E-state index contributed by atoms with van der Waals surface area (Å²) in [5.41, 5.74) is 2.65. The fraction of sp³-hybridized carbons (Fsp3) is 0.0833. The summed E-state index contributed by atoms with van der Waals surface area (Å²) in [5, 5.41) is 13.0. The van der Waals surface area contributed by atoms with Gasteiger partial charge in [-0.05, 0) is 55.0 Å². The molecule has 166 valence electrons. The van der Waals surface area contributed by atoms with E-state index in [4.69, 9.17) is 33.2 Å². The Labute approximate surface area is 207 Å². The van der Waals surface area contributed by atoms with Crippen molar-refractivity contribution in [3.8, 4) is 17.6 Å². The summed E-state index contributed by atoms with van der Waals surface area (Å²) in [6.07, 6.45) is 0. The van der Waals surface area contributed by atoms with Gasteiger partial charge in [0, 0.05) is 32.5 Å². The molecule has 4 rings (SSSR count). The maximum absolute atomic E-state index is 15.1. The molecule has 33 heavy (non-hydrogen) atoms. The average Bonchev–Trinajstić information content (AvgIpc) is 3.20. The minimum Gasteiger partial charge on any atom is -0.453 e. The van der Waals surface area contributed by atoms with Gasteiger partial charge in [-0.2, -0.15) is 5.26 Å². The lowest BCUT2D eigenvalue weighted by Crippen LogP contribution is -2.23. The number of carbonyl (C=O) groups is 1. The Morgan fingerprint density at radius 2 is 2.00 bits per heavy atom. The highest BCUT2D eigenvalue weighted by Crippen LogP contribution is 2.35. The largest absolute Gasteiger partial charge is 0.453 e. The molecule has 3 aromatic carbocycles. The van der Waals surface area contributed by atoms with Crippen LogP contribution in [0.2, 0.25) is 10.0 Å². The normalized spacial score (nSPS) is 10.8. The van der Waals surface area contributed by atoms with E-state index in [9.17, 15) is 4.79 Å². The highest BCUT2D eigenvalue weighted by molar-refractivity contribution is 9.10. The molecule has 0 saturated carbocycles. The van der Waals surface area contributed by atoms with Crippen LogP contribution in [0.5, 0.6) is 11.5 Å². The lowest BCUT2D eigenvalue weighted by molar-refractivity contribution is 0.0946. The summed E-state index contributed by atoms with van der Waals surface area (Å²) in [6.45, 7) is 1.85. The third kappa shape index (κ3) is 4.98. The summed E-state index contributed by atoms with van der Waals surface area (Å²) < 4.78 is 21.7. The van der Waals surface area contributed by atoms with Crippen LogP contribution in [-0.4, -0.2) is 10.9 Å². The molecule has 0 unspecified atom stereocenters. The number of aryl methyl sites for hydroxylation is 1. The van der Waals surface area contributed by atoms with Crippen LogP contribution in [0.25, 0.3) is 10.9 Å². The zero-order valence-corrected chi connectivity index (χ0v) is 20.2. The highest BCUT2D eigenvalue weighted by atomic mass is 79.9. The lowest BCUT2D eigenvalue weighted by atomic mass is 10.1. The number of nitrogens with zero attached hydrogens (tertiary/aromatic N) is 1. The second-order valence-electron chi connectivity index (χ2n) is 7.29. The van der Waals surface area contributed by atoms with Gasteiger partial charge in [0.15, 0.2) is 11.6 Å². The molecule has 0 aliphatic heterocycles. The third-order valence-corrected chi connectivity index (χ3v) is 5.90. The molecule has 2 N–H and O–H groups in total. The molecule has 9 heteroatoms. The Balaban J connectivity index is 1.55. The van der Waals surface area contributed by atoms with Crippen LogP contribution in [-0.2, 0) is 6.54 Å². The van der Waals surface area contributed by atoms with Crippen LogP contribution in [0, 0.1) is 24.1 Å². The van der Waals surface area contributed by atoms with Crippen LogP contribution >= 0.6 is 39.1 Å². The first-order valence-electron chi connectivity index (χ1n) is 9.67. The molecule has 1 aromatic heterocycles. The van der Waals surface area contributed by atoms with E-state index in [0.717, 1.165) is 20.9 Å². The van der Waals surface area contributed by atoms with E-state index in [0.29, 0.717) is 5.69 Å². The van der Waals surface area contributed by atoms with E-state index in [1.165, 1.54) is 30.3 Å². The Morgan fingerprint density at radius 1 is 1.21 bits per heavy atom. The molecule has 0 bridgehead atoms. The molecule has 0 radical (unpaired) electrons. The summed E-state index contributed by atoms with van der Waals surface area (Å²) in [5.74, 6) is -1.16. The minimum absolute atomic E-state index is 0.0396. The van der Waals surface area contributed by atoms with E-state index >= 15 is 4.39 Å². The highest BCUT2D eigenvalue weighted by Gasteiger charge is 2.17. The van der Waals surface area contributed by atoms with Crippen LogP contribution in [0.4, 0.5) is 4.39 Å². The first-order chi connectivity index (χ1) is 15.7. The number of H-pyrrole nitrogens is 1. The van der Waals surface area contributed by atoms with E-state index in [1.54, 1.807) is 6.07 Å². The summed E-state index contributed by atoms with van der Waals surface area (Å²) in [7, 11) is 0. The SMILES string of the molecule is Cc1cc(Br)cc2cc(C(=O)NCc3ccc(Cl)c(Oc4cc(Cl)cc(C#N)c4)c3F)[nH]c12. The maximum Gasteiger partial charge on any atom is 0.267 e. The molecule has 0 saturated heterocycles. The number of hydrogen-bond donors (Lipinski definition) is 2. The number of nitrogens with one attached hydrogen (secondary N) is 2. The third-order valence-electron chi connectivity index (χ3n) is 4.92. The Kier molecular flexibility index (Phi) is 6.61. The lowest BCUT2D eigenvalue weighted by Gasteiger charge is -2.13. The maximum atomic E-state index is 15.1. The summed E-state index contributed by atoms with van der Waals surface area (Å²) in [6, 6.07) is 14.8. The van der Waals surface area contributed by atoms with Gasteiger partial charge in [0.05, 0.1) is 16.7 Å². The molecular formula is C24H15BrCl2FN3O2. The second kappa shape index (κ2) is 9.44. The van der Waals surface area contributed by atoms with Crippen molar-refractivity contribution in [2.24, 2.45) is 0 Å². The van der Waals surface area contributed by atoms with Crippen LogP contribution < -0.4 is 10.1 Å². The van der Waals surface area contributed by atoms with E-state index in [2.05, 4.69) is 26.2 Å². The summed E-state index contributed by atoms with van der Waals surface area (Å²) in [4.78, 5) is 15.8. The molecule has 0 spiro atoms. The van der Waals surface area contributed by atoms with E-state index in [1.807, 2.05) is 25.1 Å². The molecule has 4 aromatic rings. The van der Waals surface area contributed by atoms with Gasteiger partial charge in [0.2, 0.25) is 0 Å². The summed E-state index contributed by atoms with van der Waals surface area (Å²) >= 11 is 15.6. The van der Waals surface area contributed by atoms with Crippen LogP contribution in [0.3, 0.4) is 0 Å². The number of aromatic amines is 1. The van der Waals surface area contributed by atoms with Crippen molar-refractivity contribution in [2.45, 2.75) is 13.5 Å². The molecule has 0 aliphatic rings. The number of benzene rings is 3. The standard InChI is InChI=1S/C24H15BrCl2FN3O2/c1-12-4-16(25)7-15-8-20(31-22(12)15)24(32)30-11-14-2-3-19(27)23(21(14)28)33-18-6-13(10-29)5-17(26)9-18/h2-9,31H,11H2,1H3,(H,30,32). The number of hydrogen-bond acceptors (Lipinski definition) is 3. The van der Waals surface area contributed by atoms with Crippen molar-refractivity contribution >= 4 is 55.9 Å². The number of fused-ring (bicyclic) bond motifs is 1. The Bertz CT molecular complexity index is 1450. The fourth-order valence-electron chi connectivity index (χ4n) is 3.38. The van der Waals surface area contributed by atoms with E-state index < -0.39 is 5.82 Å². The first kappa shape index (κ1) is 23.1. The number of rotatable bonds is 5. The van der Waals surface area contributed by atoms with Gasteiger partial charge in [-0.15, -0.1) is 0 Å². The number of nitriles is 1. The van der Waals surface area contributed by atoms with Crippen molar-refractivity contribution in [3.63, 3.8) is 0 Å². The minimum atomic E-state index is -0.724. The Hall–Kier alpha value is -3.05. The van der Waals surface area contributed by atoms with Gasteiger partial charge < -0.3 is 15.0 Å². The zero-order valence-electron chi connectivity index (χ0n) is 17.1. The Morgan fingerprint density at radius 3 is 2.76 bits per heavy atom. The van der Waals surface area contributed by atoms with Crippen molar-refractivity contribution in [1.29, 1.82) is 5.26 Å². The molecule has 0 fully saturated rings.